The first kappa shape index (κ1) is 27.3. The van der Waals surface area contributed by atoms with Crippen LogP contribution in [0.3, 0.4) is 0 Å². The molecule has 186 valence electrons. The van der Waals surface area contributed by atoms with Gasteiger partial charge in [-0.3, -0.25) is 9.59 Å². The lowest BCUT2D eigenvalue weighted by atomic mass is 10.0. The third-order valence-corrected chi connectivity index (χ3v) is 5.33. The molecule has 0 aliphatic heterocycles. The monoisotopic (exact) mass is 468 g/mol. The normalized spacial score (nSPS) is 13.9. The summed E-state index contributed by atoms with van der Waals surface area (Å²) in [5.41, 5.74) is 8.08. The average Bonchev–Trinajstić information content (AvgIpc) is 2.77. The van der Waals surface area contributed by atoms with Gasteiger partial charge in [0.15, 0.2) is 0 Å². The predicted molar refractivity (Wildman–Crippen MR) is 136 cm³/mol. The van der Waals surface area contributed by atoms with Crippen molar-refractivity contribution in [1.82, 2.24) is 15.5 Å². The van der Waals surface area contributed by atoms with Crippen LogP contribution in [0.15, 0.2) is 54.6 Å². The molecule has 0 heterocycles. The van der Waals surface area contributed by atoms with Crippen molar-refractivity contribution in [2.75, 3.05) is 20.6 Å². The number of amides is 2. The smallest absolute Gasteiger partial charge is 0.243 e. The quantitative estimate of drug-likeness (QED) is 0.420. The number of carbonyl (C=O) groups excluding carboxylic acids is 2. The van der Waals surface area contributed by atoms with E-state index in [9.17, 15) is 9.59 Å². The van der Waals surface area contributed by atoms with E-state index in [1.165, 1.54) is 0 Å². The molecule has 0 spiro atoms. The summed E-state index contributed by atoms with van der Waals surface area (Å²) in [5.74, 6) is 0.508. The van der Waals surface area contributed by atoms with E-state index in [0.29, 0.717) is 26.0 Å². The van der Waals surface area contributed by atoms with Crippen molar-refractivity contribution < 1.29 is 14.3 Å². The molecular formula is C27H40N4O3. The summed E-state index contributed by atoms with van der Waals surface area (Å²) in [5, 5.41) is 5.88. The van der Waals surface area contributed by atoms with Gasteiger partial charge < -0.3 is 26.0 Å². The number of hydrogen-bond donors (Lipinski definition) is 3. The van der Waals surface area contributed by atoms with Crippen LogP contribution in [0.25, 0.3) is 0 Å². The third-order valence-electron chi connectivity index (χ3n) is 5.33. The zero-order chi connectivity index (χ0) is 25.1. The van der Waals surface area contributed by atoms with Crippen molar-refractivity contribution in [3.63, 3.8) is 0 Å². The summed E-state index contributed by atoms with van der Waals surface area (Å²) in [6.45, 7) is 7.16. The highest BCUT2D eigenvalue weighted by Crippen LogP contribution is 2.16. The van der Waals surface area contributed by atoms with Gasteiger partial charge in [0.2, 0.25) is 11.8 Å². The Hall–Kier alpha value is -2.90. The number of likely N-dealkylation sites (N-methyl/N-ethyl adjacent to an activating group) is 1. The molecule has 0 aliphatic rings. The van der Waals surface area contributed by atoms with Crippen LogP contribution < -0.4 is 21.1 Å². The fraction of sp³-hybridized carbons (Fsp3) is 0.481. The summed E-state index contributed by atoms with van der Waals surface area (Å²) in [7, 11) is 3.91. The SMILES string of the molecule is CC(C)CC(N)C(=O)NC(Cc1ccc(OCc2ccccc2)cc1)C(=O)NC(C)CN(C)C. The summed E-state index contributed by atoms with van der Waals surface area (Å²) >= 11 is 0. The summed E-state index contributed by atoms with van der Waals surface area (Å²) in [4.78, 5) is 27.7. The summed E-state index contributed by atoms with van der Waals surface area (Å²) < 4.78 is 5.85. The van der Waals surface area contributed by atoms with Gasteiger partial charge in [-0.2, -0.15) is 0 Å². The number of nitrogens with zero attached hydrogens (tertiary/aromatic N) is 1. The minimum Gasteiger partial charge on any atom is -0.489 e. The maximum absolute atomic E-state index is 13.0. The van der Waals surface area contributed by atoms with Gasteiger partial charge in [0.25, 0.3) is 0 Å². The first-order valence-corrected chi connectivity index (χ1v) is 11.9. The average molecular weight is 469 g/mol. The van der Waals surface area contributed by atoms with Crippen LogP contribution in [0.4, 0.5) is 0 Å². The van der Waals surface area contributed by atoms with Crippen LogP contribution in [0.2, 0.25) is 0 Å². The van der Waals surface area contributed by atoms with Crippen molar-refractivity contribution in [3.05, 3.63) is 65.7 Å². The zero-order valence-corrected chi connectivity index (χ0v) is 21.1. The molecular weight excluding hydrogens is 428 g/mol. The van der Waals surface area contributed by atoms with Gasteiger partial charge in [-0.1, -0.05) is 56.3 Å². The Morgan fingerprint density at radius 2 is 1.56 bits per heavy atom. The molecule has 0 bridgehead atoms. The number of benzene rings is 2. The largest absolute Gasteiger partial charge is 0.489 e. The van der Waals surface area contributed by atoms with Crippen molar-refractivity contribution in [2.24, 2.45) is 11.7 Å². The molecule has 4 N–H and O–H groups in total. The van der Waals surface area contributed by atoms with Crippen LogP contribution in [0.1, 0.15) is 38.3 Å². The lowest BCUT2D eigenvalue weighted by Gasteiger charge is -2.24. The number of rotatable bonds is 13. The van der Waals surface area contributed by atoms with Gasteiger partial charge in [-0.05, 0) is 56.6 Å². The lowest BCUT2D eigenvalue weighted by Crippen LogP contribution is -2.54. The zero-order valence-electron chi connectivity index (χ0n) is 21.1. The Kier molecular flexibility index (Phi) is 11.0. The number of hydrogen-bond acceptors (Lipinski definition) is 5. The van der Waals surface area contributed by atoms with Crippen LogP contribution in [0.5, 0.6) is 5.75 Å². The molecule has 7 heteroatoms. The Bertz CT molecular complexity index is 885. The Balaban J connectivity index is 2.05. The first-order valence-electron chi connectivity index (χ1n) is 11.9. The van der Waals surface area contributed by atoms with E-state index in [2.05, 4.69) is 10.6 Å². The second-order valence-electron chi connectivity index (χ2n) is 9.59. The topological polar surface area (TPSA) is 96.7 Å². The van der Waals surface area contributed by atoms with E-state index in [0.717, 1.165) is 16.9 Å². The molecule has 0 saturated carbocycles. The van der Waals surface area contributed by atoms with Crippen LogP contribution in [0, 0.1) is 5.92 Å². The number of nitrogens with two attached hydrogens (primary N) is 1. The number of nitrogens with one attached hydrogen (secondary N) is 2. The highest BCUT2D eigenvalue weighted by molar-refractivity contribution is 5.90. The highest BCUT2D eigenvalue weighted by atomic mass is 16.5. The van der Waals surface area contributed by atoms with Crippen molar-refractivity contribution in [1.29, 1.82) is 0 Å². The first-order chi connectivity index (χ1) is 16.1. The van der Waals surface area contributed by atoms with Crippen LogP contribution in [-0.2, 0) is 22.6 Å². The molecule has 2 aromatic rings. The van der Waals surface area contributed by atoms with Crippen molar-refractivity contribution in [3.8, 4) is 5.75 Å². The molecule has 0 aromatic heterocycles. The molecule has 0 fully saturated rings. The highest BCUT2D eigenvalue weighted by Gasteiger charge is 2.25. The molecule has 0 radical (unpaired) electrons. The fourth-order valence-corrected chi connectivity index (χ4v) is 3.74. The minimum absolute atomic E-state index is 0.0556. The molecule has 3 unspecified atom stereocenters. The molecule has 7 nitrogen and oxygen atoms in total. The van der Waals surface area contributed by atoms with E-state index in [1.54, 1.807) is 0 Å². The second kappa shape index (κ2) is 13.7. The molecule has 2 amide bonds. The molecule has 3 atom stereocenters. The van der Waals surface area contributed by atoms with E-state index in [4.69, 9.17) is 10.5 Å². The Labute approximate surface area is 204 Å². The van der Waals surface area contributed by atoms with E-state index < -0.39 is 12.1 Å². The Morgan fingerprint density at radius 1 is 0.912 bits per heavy atom. The molecule has 0 aliphatic carbocycles. The van der Waals surface area contributed by atoms with Gasteiger partial charge in [-0.25, -0.2) is 0 Å². The van der Waals surface area contributed by atoms with Gasteiger partial charge in [0.05, 0.1) is 6.04 Å². The molecule has 2 rings (SSSR count). The number of carbonyl (C=O) groups is 2. The summed E-state index contributed by atoms with van der Waals surface area (Å²) in [6.07, 6.45) is 0.921. The number of ether oxygens (including phenoxy) is 1. The van der Waals surface area contributed by atoms with Crippen molar-refractivity contribution in [2.45, 2.75) is 58.3 Å². The standard InChI is InChI=1S/C27H40N4O3/c1-19(2)15-24(28)26(32)30-25(27(33)29-20(3)17-31(4)5)16-21-11-13-23(14-12-21)34-18-22-9-7-6-8-10-22/h6-14,19-20,24-25H,15-18,28H2,1-5H3,(H,29,33)(H,30,32). The molecule has 34 heavy (non-hydrogen) atoms. The van der Waals surface area contributed by atoms with Gasteiger partial charge in [-0.15, -0.1) is 0 Å². The van der Waals surface area contributed by atoms with E-state index in [-0.39, 0.29) is 23.8 Å². The molecule has 2 aromatic carbocycles. The maximum Gasteiger partial charge on any atom is 0.243 e. The van der Waals surface area contributed by atoms with Crippen LogP contribution >= 0.6 is 0 Å². The van der Waals surface area contributed by atoms with Gasteiger partial charge >= 0.3 is 0 Å². The van der Waals surface area contributed by atoms with E-state index in [1.807, 2.05) is 94.4 Å². The summed E-state index contributed by atoms with van der Waals surface area (Å²) in [6, 6.07) is 16.1. The minimum atomic E-state index is -0.716. The second-order valence-corrected chi connectivity index (χ2v) is 9.59. The third kappa shape index (κ3) is 9.93. The van der Waals surface area contributed by atoms with Crippen LogP contribution in [-0.4, -0.2) is 55.5 Å². The maximum atomic E-state index is 13.0. The fourth-order valence-electron chi connectivity index (χ4n) is 3.74. The predicted octanol–water partition coefficient (Wildman–Crippen LogP) is 2.73. The van der Waals surface area contributed by atoms with E-state index >= 15 is 0 Å². The van der Waals surface area contributed by atoms with Crippen molar-refractivity contribution >= 4 is 11.8 Å². The van der Waals surface area contributed by atoms with Gasteiger partial charge in [0.1, 0.15) is 18.4 Å². The van der Waals surface area contributed by atoms with Gasteiger partial charge in [0, 0.05) is 19.0 Å². The lowest BCUT2D eigenvalue weighted by molar-refractivity contribution is -0.130. The Morgan fingerprint density at radius 3 is 2.15 bits per heavy atom. The molecule has 0 saturated heterocycles.